The number of aromatic nitrogens is 2. The molecule has 0 radical (unpaired) electrons. The fourth-order valence-electron chi connectivity index (χ4n) is 4.41. The van der Waals surface area contributed by atoms with Crippen LogP contribution in [0.4, 0.5) is 0 Å². The Bertz CT molecular complexity index is 920. The summed E-state index contributed by atoms with van der Waals surface area (Å²) >= 11 is 0. The molecule has 4 rings (SSSR count). The van der Waals surface area contributed by atoms with Crippen molar-refractivity contribution in [3.63, 3.8) is 0 Å². The van der Waals surface area contributed by atoms with E-state index in [0.717, 1.165) is 48.4 Å². The van der Waals surface area contributed by atoms with E-state index in [1.807, 2.05) is 55.0 Å². The summed E-state index contributed by atoms with van der Waals surface area (Å²) in [7, 11) is 6.03. The van der Waals surface area contributed by atoms with Crippen molar-refractivity contribution in [2.24, 2.45) is 7.05 Å². The number of nitrogens with zero attached hydrogens (tertiary/aromatic N) is 5. The maximum Gasteiger partial charge on any atom is 0.254 e. The molecule has 0 N–H and O–H groups in total. The minimum atomic E-state index is 0.0319. The lowest BCUT2D eigenvalue weighted by Crippen LogP contribution is -2.34. The van der Waals surface area contributed by atoms with Gasteiger partial charge < -0.3 is 14.7 Å². The first-order chi connectivity index (χ1) is 13.9. The monoisotopic (exact) mass is 395 g/mol. The third-order valence-corrected chi connectivity index (χ3v) is 5.88. The van der Waals surface area contributed by atoms with Crippen LogP contribution in [-0.2, 0) is 24.9 Å². The van der Waals surface area contributed by atoms with Crippen LogP contribution in [-0.4, -0.2) is 63.5 Å². The van der Waals surface area contributed by atoms with Gasteiger partial charge in [0.25, 0.3) is 5.91 Å². The molecule has 1 fully saturated rings. The summed E-state index contributed by atoms with van der Waals surface area (Å²) in [6.45, 7) is 2.64. The zero-order chi connectivity index (χ0) is 20.5. The molecule has 1 saturated heterocycles. The molecule has 7 nitrogen and oxygen atoms in total. The number of amides is 2. The molecule has 1 aromatic carbocycles. The van der Waals surface area contributed by atoms with Crippen LogP contribution in [0.3, 0.4) is 0 Å². The molecule has 29 heavy (non-hydrogen) atoms. The molecule has 1 aromatic heterocycles. The minimum Gasteiger partial charge on any atom is -0.334 e. The van der Waals surface area contributed by atoms with E-state index >= 15 is 0 Å². The first-order valence-corrected chi connectivity index (χ1v) is 10.3. The lowest BCUT2D eigenvalue weighted by atomic mass is 10.1. The van der Waals surface area contributed by atoms with Gasteiger partial charge in [-0.15, -0.1) is 0 Å². The molecule has 0 aliphatic carbocycles. The normalized spacial score (nSPS) is 18.8. The van der Waals surface area contributed by atoms with Crippen molar-refractivity contribution in [1.29, 1.82) is 0 Å². The standard InChI is InChI=1S/C22H29N5O2/c1-24(2)15-17-13-19(23-25(17)3)20-9-6-11-27(20)21(28)10-12-26-14-16-7-4-5-8-18(16)22(26)29/h4-5,7-8,13,20H,6,9-12,14-15H2,1-3H3. The van der Waals surface area contributed by atoms with Gasteiger partial charge in [0.15, 0.2) is 0 Å². The predicted octanol–water partition coefficient (Wildman–Crippen LogP) is 2.19. The molecule has 1 unspecified atom stereocenters. The lowest BCUT2D eigenvalue weighted by molar-refractivity contribution is -0.132. The predicted molar refractivity (Wildman–Crippen MR) is 110 cm³/mol. The molecule has 154 valence electrons. The molecule has 2 aliphatic rings. The highest BCUT2D eigenvalue weighted by Crippen LogP contribution is 2.32. The van der Waals surface area contributed by atoms with E-state index in [1.165, 1.54) is 0 Å². The van der Waals surface area contributed by atoms with Gasteiger partial charge in [-0.25, -0.2) is 0 Å². The Balaban J connectivity index is 1.39. The zero-order valence-electron chi connectivity index (χ0n) is 17.5. The zero-order valence-corrected chi connectivity index (χ0v) is 17.5. The second-order valence-corrected chi connectivity index (χ2v) is 8.30. The van der Waals surface area contributed by atoms with Crippen LogP contribution in [0.25, 0.3) is 0 Å². The first kappa shape index (κ1) is 19.6. The van der Waals surface area contributed by atoms with Crippen LogP contribution in [0.15, 0.2) is 30.3 Å². The van der Waals surface area contributed by atoms with Crippen LogP contribution in [0.2, 0.25) is 0 Å². The van der Waals surface area contributed by atoms with Crippen molar-refractivity contribution in [2.45, 2.75) is 38.4 Å². The summed E-state index contributed by atoms with van der Waals surface area (Å²) in [4.78, 5) is 31.4. The Morgan fingerprint density at radius 3 is 2.83 bits per heavy atom. The quantitative estimate of drug-likeness (QED) is 0.752. The van der Waals surface area contributed by atoms with Gasteiger partial charge in [-0.1, -0.05) is 18.2 Å². The number of likely N-dealkylation sites (tertiary alicyclic amines) is 1. The molecular formula is C22H29N5O2. The second kappa shape index (κ2) is 7.99. The average Bonchev–Trinajstić information content (AvgIpc) is 3.38. The van der Waals surface area contributed by atoms with Crippen molar-refractivity contribution in [2.75, 3.05) is 27.2 Å². The van der Waals surface area contributed by atoms with Crippen molar-refractivity contribution >= 4 is 11.8 Å². The van der Waals surface area contributed by atoms with Gasteiger partial charge >= 0.3 is 0 Å². The van der Waals surface area contributed by atoms with Crippen LogP contribution < -0.4 is 0 Å². The Kier molecular flexibility index (Phi) is 5.41. The van der Waals surface area contributed by atoms with Crippen molar-refractivity contribution in [3.05, 3.63) is 52.8 Å². The highest BCUT2D eigenvalue weighted by atomic mass is 16.2. The lowest BCUT2D eigenvalue weighted by Gasteiger charge is -2.24. The largest absolute Gasteiger partial charge is 0.334 e. The Hall–Kier alpha value is -2.67. The summed E-state index contributed by atoms with van der Waals surface area (Å²) in [5, 5.41) is 4.69. The third-order valence-electron chi connectivity index (χ3n) is 5.88. The Labute approximate surface area is 171 Å². The van der Waals surface area contributed by atoms with Crippen LogP contribution in [0.1, 0.15) is 52.6 Å². The number of rotatable bonds is 6. The Morgan fingerprint density at radius 1 is 1.28 bits per heavy atom. The summed E-state index contributed by atoms with van der Waals surface area (Å²) in [5.74, 6) is 0.139. The molecular weight excluding hydrogens is 366 g/mol. The molecule has 0 saturated carbocycles. The number of carbonyl (C=O) groups is 2. The van der Waals surface area contributed by atoms with Crippen LogP contribution in [0, 0.1) is 0 Å². The molecule has 0 bridgehead atoms. The topological polar surface area (TPSA) is 61.7 Å². The third kappa shape index (κ3) is 3.92. The summed E-state index contributed by atoms with van der Waals surface area (Å²) < 4.78 is 1.91. The van der Waals surface area contributed by atoms with Crippen LogP contribution >= 0.6 is 0 Å². The molecule has 2 amide bonds. The van der Waals surface area contributed by atoms with Gasteiger partial charge in [0.1, 0.15) is 0 Å². The number of aryl methyl sites for hydroxylation is 1. The number of benzene rings is 1. The molecule has 7 heteroatoms. The number of carbonyl (C=O) groups excluding carboxylic acids is 2. The second-order valence-electron chi connectivity index (χ2n) is 8.30. The van der Waals surface area contributed by atoms with Crippen molar-refractivity contribution in [3.8, 4) is 0 Å². The van der Waals surface area contributed by atoms with Gasteiger partial charge in [0, 0.05) is 45.2 Å². The summed E-state index contributed by atoms with van der Waals surface area (Å²) in [6.07, 6.45) is 2.29. The van der Waals surface area contributed by atoms with E-state index in [1.54, 1.807) is 4.90 Å². The molecule has 2 aromatic rings. The SMILES string of the molecule is CN(C)Cc1cc(C2CCCN2C(=O)CCN2Cc3ccccc3C2=O)nn1C. The van der Waals surface area contributed by atoms with Crippen LogP contribution in [0.5, 0.6) is 0 Å². The Morgan fingerprint density at radius 2 is 2.07 bits per heavy atom. The molecule has 0 spiro atoms. The summed E-state index contributed by atoms with van der Waals surface area (Å²) in [6, 6.07) is 9.85. The highest BCUT2D eigenvalue weighted by molar-refractivity contribution is 5.98. The van der Waals surface area contributed by atoms with Gasteiger partial charge in [0.2, 0.25) is 5.91 Å². The number of hydrogen-bond donors (Lipinski definition) is 0. The van der Waals surface area contributed by atoms with Gasteiger partial charge in [-0.05, 0) is 44.6 Å². The molecule has 3 heterocycles. The van der Waals surface area contributed by atoms with E-state index in [2.05, 4.69) is 16.1 Å². The van der Waals surface area contributed by atoms with E-state index in [4.69, 9.17) is 0 Å². The fraction of sp³-hybridized carbons (Fsp3) is 0.500. The van der Waals surface area contributed by atoms with E-state index in [-0.39, 0.29) is 17.9 Å². The maximum absolute atomic E-state index is 13.0. The highest BCUT2D eigenvalue weighted by Gasteiger charge is 2.33. The smallest absolute Gasteiger partial charge is 0.254 e. The minimum absolute atomic E-state index is 0.0319. The molecule has 1 atom stereocenters. The first-order valence-electron chi connectivity index (χ1n) is 10.3. The van der Waals surface area contributed by atoms with E-state index in [0.29, 0.717) is 19.5 Å². The summed E-state index contributed by atoms with van der Waals surface area (Å²) in [5.41, 5.74) is 3.93. The van der Waals surface area contributed by atoms with Crippen molar-refractivity contribution in [1.82, 2.24) is 24.5 Å². The van der Waals surface area contributed by atoms with E-state index in [9.17, 15) is 9.59 Å². The number of fused-ring (bicyclic) bond motifs is 1. The van der Waals surface area contributed by atoms with E-state index < -0.39 is 0 Å². The average molecular weight is 396 g/mol. The van der Waals surface area contributed by atoms with Crippen molar-refractivity contribution < 1.29 is 9.59 Å². The van der Waals surface area contributed by atoms with Gasteiger partial charge in [-0.3, -0.25) is 14.3 Å². The van der Waals surface area contributed by atoms with Gasteiger partial charge in [0.05, 0.1) is 17.4 Å². The van der Waals surface area contributed by atoms with Gasteiger partial charge in [-0.2, -0.15) is 5.10 Å². The fourth-order valence-corrected chi connectivity index (χ4v) is 4.41. The molecule has 2 aliphatic heterocycles. The number of hydrogen-bond acceptors (Lipinski definition) is 4. The maximum atomic E-state index is 13.0.